The van der Waals surface area contributed by atoms with Crippen molar-refractivity contribution in [3.63, 3.8) is 0 Å². The van der Waals surface area contributed by atoms with Gasteiger partial charge in [-0.05, 0) is 25.8 Å². The van der Waals surface area contributed by atoms with Gasteiger partial charge in [0.05, 0.1) is 18.6 Å². The average Bonchev–Trinajstić information content (AvgIpc) is 2.65. The Morgan fingerprint density at radius 1 is 1.33 bits per heavy atom. The van der Waals surface area contributed by atoms with Gasteiger partial charge >= 0.3 is 5.97 Å². The molecule has 0 bridgehead atoms. The lowest BCUT2D eigenvalue weighted by atomic mass is 9.96. The third-order valence-electron chi connectivity index (χ3n) is 3.19. The fourth-order valence-corrected chi connectivity index (χ4v) is 2.15. The first-order valence-corrected chi connectivity index (χ1v) is 6.71. The summed E-state index contributed by atoms with van der Waals surface area (Å²) in [4.78, 5) is 22.4. The molecule has 2 atom stereocenters. The molecule has 4 heteroatoms. The molecule has 0 aromatic rings. The highest BCUT2D eigenvalue weighted by Gasteiger charge is 2.27. The molecule has 4 nitrogen and oxygen atoms in total. The van der Waals surface area contributed by atoms with Gasteiger partial charge in [0.15, 0.2) is 5.78 Å². The zero-order valence-electron chi connectivity index (χ0n) is 10.9. The standard InChI is InChI=1S/C14H22O4/c1-2-18-14(17)8-6-4-3-5-7-11-12(15)9-10-13(11)16/h9-12,15H,2-8H2,1H3. The summed E-state index contributed by atoms with van der Waals surface area (Å²) >= 11 is 0. The summed E-state index contributed by atoms with van der Waals surface area (Å²) in [5.74, 6) is -0.341. The van der Waals surface area contributed by atoms with Crippen molar-refractivity contribution in [2.45, 2.75) is 51.6 Å². The molecule has 102 valence electrons. The monoisotopic (exact) mass is 254 g/mol. The molecule has 1 rings (SSSR count). The molecule has 0 saturated carbocycles. The van der Waals surface area contributed by atoms with Gasteiger partial charge in [0.2, 0.25) is 0 Å². The van der Waals surface area contributed by atoms with Crippen LogP contribution in [0.1, 0.15) is 45.4 Å². The minimum absolute atomic E-state index is 0.0361. The van der Waals surface area contributed by atoms with Gasteiger partial charge in [0, 0.05) is 6.42 Å². The quantitative estimate of drug-likeness (QED) is 0.531. The van der Waals surface area contributed by atoms with E-state index < -0.39 is 6.10 Å². The van der Waals surface area contributed by atoms with Crippen molar-refractivity contribution in [2.75, 3.05) is 6.61 Å². The number of carbonyl (C=O) groups excluding carboxylic acids is 2. The van der Waals surface area contributed by atoms with Crippen LogP contribution >= 0.6 is 0 Å². The number of rotatable bonds is 8. The molecule has 0 radical (unpaired) electrons. The first kappa shape index (κ1) is 14.9. The summed E-state index contributed by atoms with van der Waals surface area (Å²) in [5, 5.41) is 9.53. The second-order valence-corrected chi connectivity index (χ2v) is 4.62. The van der Waals surface area contributed by atoms with Crippen molar-refractivity contribution in [2.24, 2.45) is 5.92 Å². The molecular formula is C14H22O4. The minimum atomic E-state index is -0.600. The van der Waals surface area contributed by atoms with Gasteiger partial charge in [-0.25, -0.2) is 0 Å². The van der Waals surface area contributed by atoms with Crippen molar-refractivity contribution in [3.05, 3.63) is 12.2 Å². The van der Waals surface area contributed by atoms with E-state index in [9.17, 15) is 14.7 Å². The van der Waals surface area contributed by atoms with E-state index in [-0.39, 0.29) is 17.7 Å². The maximum absolute atomic E-state index is 11.4. The SMILES string of the molecule is CCOC(=O)CCCCCCC1C(=O)C=CC1O. The minimum Gasteiger partial charge on any atom is -0.466 e. The zero-order valence-corrected chi connectivity index (χ0v) is 10.9. The second kappa shape index (κ2) is 8.03. The molecule has 18 heavy (non-hydrogen) atoms. The molecular weight excluding hydrogens is 232 g/mol. The normalized spacial score (nSPS) is 22.4. The molecule has 1 aliphatic carbocycles. The van der Waals surface area contributed by atoms with Crippen LogP contribution in [0.2, 0.25) is 0 Å². The van der Waals surface area contributed by atoms with Crippen molar-refractivity contribution >= 4 is 11.8 Å². The number of hydrogen-bond acceptors (Lipinski definition) is 4. The Labute approximate surface area is 108 Å². The number of aliphatic hydroxyl groups excluding tert-OH is 1. The number of aliphatic hydroxyl groups is 1. The summed E-state index contributed by atoms with van der Waals surface area (Å²) in [6.45, 7) is 2.24. The van der Waals surface area contributed by atoms with Gasteiger partial charge in [0.25, 0.3) is 0 Å². The van der Waals surface area contributed by atoms with Crippen molar-refractivity contribution in [1.82, 2.24) is 0 Å². The molecule has 0 spiro atoms. The lowest BCUT2D eigenvalue weighted by Crippen LogP contribution is -2.19. The van der Waals surface area contributed by atoms with Gasteiger partial charge in [-0.15, -0.1) is 0 Å². The fourth-order valence-electron chi connectivity index (χ4n) is 2.15. The van der Waals surface area contributed by atoms with Crippen molar-refractivity contribution < 1.29 is 19.4 Å². The van der Waals surface area contributed by atoms with E-state index in [0.717, 1.165) is 32.1 Å². The lowest BCUT2D eigenvalue weighted by Gasteiger charge is -2.12. The third kappa shape index (κ3) is 5.00. The van der Waals surface area contributed by atoms with E-state index in [4.69, 9.17) is 4.74 Å². The fraction of sp³-hybridized carbons (Fsp3) is 0.714. The van der Waals surface area contributed by atoms with Crippen LogP contribution in [0.3, 0.4) is 0 Å². The summed E-state index contributed by atoms with van der Waals surface area (Å²) < 4.78 is 4.83. The number of ether oxygens (including phenoxy) is 1. The number of hydrogen-bond donors (Lipinski definition) is 1. The van der Waals surface area contributed by atoms with Gasteiger partial charge in [-0.3, -0.25) is 9.59 Å². The molecule has 1 N–H and O–H groups in total. The van der Waals surface area contributed by atoms with Gasteiger partial charge < -0.3 is 9.84 Å². The first-order chi connectivity index (χ1) is 8.65. The largest absolute Gasteiger partial charge is 0.466 e. The highest BCUT2D eigenvalue weighted by molar-refractivity contribution is 5.94. The summed E-state index contributed by atoms with van der Waals surface area (Å²) in [6.07, 6.45) is 7.32. The number of ketones is 1. The van der Waals surface area contributed by atoms with Crippen LogP contribution in [-0.2, 0) is 14.3 Å². The van der Waals surface area contributed by atoms with Crippen LogP contribution in [0.4, 0.5) is 0 Å². The van der Waals surface area contributed by atoms with E-state index in [0.29, 0.717) is 13.0 Å². The molecule has 0 fully saturated rings. The molecule has 0 aromatic heterocycles. The molecule has 1 aliphatic rings. The van der Waals surface area contributed by atoms with E-state index in [2.05, 4.69) is 0 Å². The van der Waals surface area contributed by atoms with Gasteiger partial charge in [-0.2, -0.15) is 0 Å². The summed E-state index contributed by atoms with van der Waals surface area (Å²) in [7, 11) is 0. The molecule has 0 amide bonds. The van der Waals surface area contributed by atoms with Crippen LogP contribution in [0, 0.1) is 5.92 Å². The molecule has 0 saturated heterocycles. The molecule has 0 heterocycles. The van der Waals surface area contributed by atoms with Crippen LogP contribution in [0.15, 0.2) is 12.2 Å². The third-order valence-corrected chi connectivity index (χ3v) is 3.19. The Hall–Kier alpha value is -1.16. The number of unbranched alkanes of at least 4 members (excludes halogenated alkanes) is 3. The lowest BCUT2D eigenvalue weighted by molar-refractivity contribution is -0.143. The van der Waals surface area contributed by atoms with Crippen LogP contribution in [0.5, 0.6) is 0 Å². The van der Waals surface area contributed by atoms with E-state index in [1.807, 2.05) is 0 Å². The number of esters is 1. The van der Waals surface area contributed by atoms with Crippen LogP contribution in [0.25, 0.3) is 0 Å². The first-order valence-electron chi connectivity index (χ1n) is 6.71. The van der Waals surface area contributed by atoms with Gasteiger partial charge in [0.1, 0.15) is 0 Å². The topological polar surface area (TPSA) is 63.6 Å². The molecule has 0 aliphatic heterocycles. The molecule has 0 aromatic carbocycles. The zero-order chi connectivity index (χ0) is 13.4. The Kier molecular flexibility index (Phi) is 6.65. The Balaban J connectivity index is 1.99. The van der Waals surface area contributed by atoms with E-state index in [1.165, 1.54) is 6.08 Å². The number of allylic oxidation sites excluding steroid dienone is 1. The van der Waals surface area contributed by atoms with E-state index >= 15 is 0 Å². The highest BCUT2D eigenvalue weighted by atomic mass is 16.5. The summed E-state index contributed by atoms with van der Waals surface area (Å²) in [5.41, 5.74) is 0. The highest BCUT2D eigenvalue weighted by Crippen LogP contribution is 2.22. The Morgan fingerprint density at radius 3 is 2.67 bits per heavy atom. The second-order valence-electron chi connectivity index (χ2n) is 4.62. The Bertz CT molecular complexity index is 309. The van der Waals surface area contributed by atoms with Crippen molar-refractivity contribution in [3.8, 4) is 0 Å². The van der Waals surface area contributed by atoms with Crippen LogP contribution < -0.4 is 0 Å². The average molecular weight is 254 g/mol. The number of carbonyl (C=O) groups is 2. The predicted molar refractivity (Wildman–Crippen MR) is 68.0 cm³/mol. The molecule has 2 unspecified atom stereocenters. The van der Waals surface area contributed by atoms with E-state index in [1.54, 1.807) is 13.0 Å². The maximum atomic E-state index is 11.4. The Morgan fingerprint density at radius 2 is 2.06 bits per heavy atom. The maximum Gasteiger partial charge on any atom is 0.305 e. The van der Waals surface area contributed by atoms with Crippen molar-refractivity contribution in [1.29, 1.82) is 0 Å². The predicted octanol–water partition coefficient (Wildman–Crippen LogP) is 2.01. The van der Waals surface area contributed by atoms with Crippen LogP contribution in [-0.4, -0.2) is 29.6 Å². The summed E-state index contributed by atoms with van der Waals surface area (Å²) in [6, 6.07) is 0. The van der Waals surface area contributed by atoms with Gasteiger partial charge in [-0.1, -0.05) is 25.3 Å². The smallest absolute Gasteiger partial charge is 0.305 e.